The second-order valence-electron chi connectivity index (χ2n) is 5.39. The molecule has 0 spiro atoms. The fourth-order valence-corrected chi connectivity index (χ4v) is 3.71. The Labute approximate surface area is 128 Å². The van der Waals surface area contributed by atoms with Crippen molar-refractivity contribution < 1.29 is 0 Å². The molecule has 5 heteroatoms. The molecule has 1 aliphatic rings. The van der Waals surface area contributed by atoms with E-state index in [0.717, 1.165) is 22.6 Å². The fourth-order valence-electron chi connectivity index (χ4n) is 2.70. The average molecular weight is 298 g/mol. The zero-order valence-corrected chi connectivity index (χ0v) is 13.0. The predicted molar refractivity (Wildman–Crippen MR) is 85.1 cm³/mol. The van der Waals surface area contributed by atoms with Gasteiger partial charge in [-0.05, 0) is 61.9 Å². The van der Waals surface area contributed by atoms with Gasteiger partial charge in [0.15, 0.2) is 0 Å². The van der Waals surface area contributed by atoms with E-state index in [1.165, 1.54) is 35.7 Å². The first-order valence-corrected chi connectivity index (χ1v) is 7.86. The Balaban J connectivity index is 1.98. The number of nitrogen functional groups attached to an aromatic ring is 1. The van der Waals surface area contributed by atoms with Gasteiger partial charge in [0.1, 0.15) is 10.9 Å². The number of amidine groups is 1. The number of nitrogens with one attached hydrogen (secondary N) is 1. The van der Waals surface area contributed by atoms with Crippen molar-refractivity contribution in [3.63, 3.8) is 0 Å². The van der Waals surface area contributed by atoms with Crippen molar-refractivity contribution in [3.05, 3.63) is 46.1 Å². The molecule has 0 atom stereocenters. The number of hydrogen-bond donors (Lipinski definition) is 2. The lowest BCUT2D eigenvalue weighted by Gasteiger charge is -2.11. The van der Waals surface area contributed by atoms with E-state index in [-0.39, 0.29) is 5.84 Å². The van der Waals surface area contributed by atoms with Gasteiger partial charge < -0.3 is 5.73 Å². The molecule has 3 rings (SSSR count). The first-order valence-electron chi connectivity index (χ1n) is 7.04. The Morgan fingerprint density at radius 3 is 2.71 bits per heavy atom. The Kier molecular flexibility index (Phi) is 3.68. The largest absolute Gasteiger partial charge is 0.384 e. The van der Waals surface area contributed by atoms with Crippen LogP contribution in [0.2, 0.25) is 0 Å². The summed E-state index contributed by atoms with van der Waals surface area (Å²) in [6, 6.07) is 6.55. The van der Waals surface area contributed by atoms with E-state index in [1.807, 2.05) is 13.8 Å². The van der Waals surface area contributed by atoms with Gasteiger partial charge in [0.2, 0.25) is 0 Å². The van der Waals surface area contributed by atoms with Crippen molar-refractivity contribution in [3.8, 4) is 0 Å². The van der Waals surface area contributed by atoms with E-state index < -0.39 is 0 Å². The monoisotopic (exact) mass is 298 g/mol. The van der Waals surface area contributed by atoms with Crippen LogP contribution < -0.4 is 5.73 Å². The molecule has 0 amide bonds. The standard InChI is InChI=1S/C16H18N4S/c1-9-10(2)19-20-16(14(9)15(17)18)21-13-7-6-11-4-3-5-12(11)8-13/h6-8H,3-5H2,1-2H3,(H3,17,18). The average Bonchev–Trinajstić information content (AvgIpc) is 2.90. The van der Waals surface area contributed by atoms with Crippen molar-refractivity contribution in [1.82, 2.24) is 10.2 Å². The zero-order valence-electron chi connectivity index (χ0n) is 12.2. The molecule has 0 unspecified atom stereocenters. The number of benzene rings is 1. The first-order chi connectivity index (χ1) is 10.1. The van der Waals surface area contributed by atoms with Crippen LogP contribution in [-0.2, 0) is 12.8 Å². The Bertz CT molecular complexity index is 724. The molecule has 0 radical (unpaired) electrons. The topological polar surface area (TPSA) is 75.7 Å². The third-order valence-corrected chi connectivity index (χ3v) is 4.94. The minimum atomic E-state index is 0.0501. The maximum atomic E-state index is 7.80. The van der Waals surface area contributed by atoms with E-state index in [4.69, 9.17) is 11.1 Å². The molecule has 4 nitrogen and oxygen atoms in total. The summed E-state index contributed by atoms with van der Waals surface area (Å²) in [5, 5.41) is 16.9. The molecule has 0 saturated carbocycles. The van der Waals surface area contributed by atoms with Crippen LogP contribution in [0.15, 0.2) is 28.1 Å². The number of nitrogens with zero attached hydrogens (tertiary/aromatic N) is 2. The lowest BCUT2D eigenvalue weighted by atomic mass is 10.1. The molecule has 2 aromatic rings. The summed E-state index contributed by atoms with van der Waals surface area (Å²) in [6.07, 6.45) is 3.58. The number of aromatic nitrogens is 2. The Hall–Kier alpha value is -1.88. The van der Waals surface area contributed by atoms with Crippen LogP contribution in [0, 0.1) is 19.3 Å². The van der Waals surface area contributed by atoms with Crippen LogP contribution in [-0.4, -0.2) is 16.0 Å². The Morgan fingerprint density at radius 2 is 1.95 bits per heavy atom. The summed E-state index contributed by atoms with van der Waals surface area (Å²) < 4.78 is 0. The van der Waals surface area contributed by atoms with Gasteiger partial charge in [-0.25, -0.2) is 0 Å². The number of fused-ring (bicyclic) bond motifs is 1. The lowest BCUT2D eigenvalue weighted by Crippen LogP contribution is -2.16. The molecule has 0 aliphatic heterocycles. The molecular weight excluding hydrogens is 280 g/mol. The summed E-state index contributed by atoms with van der Waals surface area (Å²) >= 11 is 1.54. The maximum absolute atomic E-state index is 7.80. The molecule has 1 heterocycles. The van der Waals surface area contributed by atoms with Gasteiger partial charge in [0, 0.05) is 4.90 Å². The van der Waals surface area contributed by atoms with E-state index in [9.17, 15) is 0 Å². The predicted octanol–water partition coefficient (Wildman–Crippen LogP) is 3.02. The molecule has 3 N–H and O–H groups in total. The molecule has 1 aromatic carbocycles. The number of aryl methyl sites for hydroxylation is 3. The maximum Gasteiger partial charge on any atom is 0.135 e. The summed E-state index contributed by atoms with van der Waals surface area (Å²) in [4.78, 5) is 1.13. The van der Waals surface area contributed by atoms with Crippen molar-refractivity contribution in [2.24, 2.45) is 5.73 Å². The highest BCUT2D eigenvalue weighted by Crippen LogP contribution is 2.33. The summed E-state index contributed by atoms with van der Waals surface area (Å²) in [5.41, 5.74) is 11.1. The highest BCUT2D eigenvalue weighted by Gasteiger charge is 2.16. The summed E-state index contributed by atoms with van der Waals surface area (Å²) in [5.74, 6) is 0.0501. The molecule has 1 aliphatic carbocycles. The van der Waals surface area contributed by atoms with Crippen LogP contribution in [0.5, 0.6) is 0 Å². The molecule has 0 bridgehead atoms. The quantitative estimate of drug-likeness (QED) is 0.674. The van der Waals surface area contributed by atoms with Crippen LogP contribution >= 0.6 is 11.8 Å². The van der Waals surface area contributed by atoms with Gasteiger partial charge in [0.05, 0.1) is 11.3 Å². The van der Waals surface area contributed by atoms with Crippen molar-refractivity contribution in [2.45, 2.75) is 43.0 Å². The number of nitrogens with two attached hydrogens (primary N) is 1. The second kappa shape index (κ2) is 5.48. The molecule has 0 fully saturated rings. The minimum absolute atomic E-state index is 0.0501. The second-order valence-corrected chi connectivity index (χ2v) is 6.45. The molecule has 0 saturated heterocycles. The third kappa shape index (κ3) is 2.65. The highest BCUT2D eigenvalue weighted by molar-refractivity contribution is 7.99. The normalized spacial score (nSPS) is 13.2. The lowest BCUT2D eigenvalue weighted by molar-refractivity contribution is 0.872. The van der Waals surface area contributed by atoms with Crippen LogP contribution in [0.4, 0.5) is 0 Å². The van der Waals surface area contributed by atoms with Gasteiger partial charge >= 0.3 is 0 Å². The Morgan fingerprint density at radius 1 is 1.19 bits per heavy atom. The number of hydrogen-bond acceptors (Lipinski definition) is 4. The minimum Gasteiger partial charge on any atom is -0.384 e. The third-order valence-electron chi connectivity index (χ3n) is 3.98. The molecule has 21 heavy (non-hydrogen) atoms. The van der Waals surface area contributed by atoms with Gasteiger partial charge in [-0.1, -0.05) is 17.8 Å². The summed E-state index contributed by atoms with van der Waals surface area (Å²) in [6.45, 7) is 3.83. The van der Waals surface area contributed by atoms with Gasteiger partial charge in [0.25, 0.3) is 0 Å². The molecule has 108 valence electrons. The molecular formula is C16H18N4S. The van der Waals surface area contributed by atoms with E-state index in [2.05, 4.69) is 28.4 Å². The number of rotatable bonds is 3. The van der Waals surface area contributed by atoms with Crippen molar-refractivity contribution >= 4 is 17.6 Å². The highest BCUT2D eigenvalue weighted by atomic mass is 32.2. The molecule has 1 aromatic heterocycles. The van der Waals surface area contributed by atoms with Gasteiger partial charge in [-0.15, -0.1) is 5.10 Å². The van der Waals surface area contributed by atoms with Gasteiger partial charge in [-0.2, -0.15) is 5.10 Å². The van der Waals surface area contributed by atoms with E-state index >= 15 is 0 Å². The van der Waals surface area contributed by atoms with Crippen molar-refractivity contribution in [1.29, 1.82) is 5.41 Å². The zero-order chi connectivity index (χ0) is 15.0. The van der Waals surface area contributed by atoms with Gasteiger partial charge in [-0.3, -0.25) is 5.41 Å². The fraction of sp³-hybridized carbons (Fsp3) is 0.312. The first kappa shape index (κ1) is 14.1. The van der Waals surface area contributed by atoms with Crippen molar-refractivity contribution in [2.75, 3.05) is 0 Å². The van der Waals surface area contributed by atoms with E-state index in [0.29, 0.717) is 10.6 Å². The smallest absolute Gasteiger partial charge is 0.135 e. The SMILES string of the molecule is Cc1nnc(Sc2ccc3c(c2)CCC3)c(C(=N)N)c1C. The summed E-state index contributed by atoms with van der Waals surface area (Å²) in [7, 11) is 0. The van der Waals surface area contributed by atoms with Crippen LogP contribution in [0.25, 0.3) is 0 Å². The van der Waals surface area contributed by atoms with Crippen LogP contribution in [0.3, 0.4) is 0 Å². The van der Waals surface area contributed by atoms with E-state index in [1.54, 1.807) is 0 Å². The van der Waals surface area contributed by atoms with Crippen LogP contribution in [0.1, 0.15) is 34.4 Å².